The molecule has 3 heterocycles. The van der Waals surface area contributed by atoms with Gasteiger partial charge in [0.15, 0.2) is 10.6 Å². The molecule has 0 atom stereocenters. The van der Waals surface area contributed by atoms with Crippen LogP contribution in [0.1, 0.15) is 17.0 Å². The zero-order chi connectivity index (χ0) is 26.1. The lowest BCUT2D eigenvalue weighted by atomic mass is 10.1. The summed E-state index contributed by atoms with van der Waals surface area (Å²) in [5.41, 5.74) is 4.23. The van der Waals surface area contributed by atoms with Crippen molar-refractivity contribution in [3.05, 3.63) is 128 Å². The molecule has 0 aliphatic rings. The standard InChI is InChI=1S/C30H20ClN3O3S/c1-19-28(27(37-33-19)16-13-20-11-14-22(31)15-12-20)34-25(18-38-30(34)32-23-8-3-2-4-9-23)24-17-21-7-5-6-10-26(21)36-29(24)35/h2-18H,1H3/b16-13+,32-30?. The second-order valence-corrected chi connectivity index (χ2v) is 9.81. The number of hydrogen-bond donors (Lipinski definition) is 0. The molecule has 3 aromatic heterocycles. The fourth-order valence-electron chi connectivity index (χ4n) is 4.16. The Hall–Kier alpha value is -4.46. The first-order valence-electron chi connectivity index (χ1n) is 11.8. The fraction of sp³-hybridized carbons (Fsp3) is 0.0333. The van der Waals surface area contributed by atoms with E-state index in [1.165, 1.54) is 11.3 Å². The Kier molecular flexibility index (Phi) is 6.37. The molecule has 0 spiro atoms. The van der Waals surface area contributed by atoms with Crippen LogP contribution >= 0.6 is 22.9 Å². The topological polar surface area (TPSA) is 73.5 Å². The SMILES string of the molecule is Cc1noc(/C=C/c2ccc(Cl)cc2)c1-n1c(-c2cc3ccccc3oc2=O)csc1=Nc1ccccc1. The molecule has 0 aliphatic heterocycles. The molecular weight excluding hydrogens is 518 g/mol. The van der Waals surface area contributed by atoms with Gasteiger partial charge in [-0.25, -0.2) is 9.79 Å². The van der Waals surface area contributed by atoms with Crippen LogP contribution in [0.5, 0.6) is 0 Å². The number of halogens is 1. The van der Waals surface area contributed by atoms with E-state index in [-0.39, 0.29) is 0 Å². The number of fused-ring (bicyclic) bond motifs is 1. The predicted molar refractivity (Wildman–Crippen MR) is 152 cm³/mol. The van der Waals surface area contributed by atoms with E-state index in [0.717, 1.165) is 16.6 Å². The molecule has 6 aromatic rings. The lowest BCUT2D eigenvalue weighted by molar-refractivity contribution is 0.408. The largest absolute Gasteiger partial charge is 0.422 e. The summed E-state index contributed by atoms with van der Waals surface area (Å²) in [4.78, 5) is 18.7. The van der Waals surface area contributed by atoms with Crippen LogP contribution in [0.3, 0.4) is 0 Å². The van der Waals surface area contributed by atoms with Gasteiger partial charge in [-0.1, -0.05) is 71.4 Å². The highest BCUT2D eigenvalue weighted by Gasteiger charge is 2.21. The lowest BCUT2D eigenvalue weighted by Gasteiger charge is -2.09. The number of rotatable bonds is 5. The quantitative estimate of drug-likeness (QED) is 0.211. The van der Waals surface area contributed by atoms with Crippen LogP contribution in [0, 0.1) is 6.92 Å². The van der Waals surface area contributed by atoms with Crippen LogP contribution in [0.4, 0.5) is 5.69 Å². The number of nitrogens with zero attached hydrogens (tertiary/aromatic N) is 3. The van der Waals surface area contributed by atoms with Crippen molar-refractivity contribution >= 4 is 51.7 Å². The molecule has 0 bridgehead atoms. The van der Waals surface area contributed by atoms with E-state index in [1.807, 2.05) is 108 Å². The highest BCUT2D eigenvalue weighted by atomic mass is 35.5. The van der Waals surface area contributed by atoms with E-state index in [1.54, 1.807) is 6.07 Å². The molecule has 8 heteroatoms. The van der Waals surface area contributed by atoms with Gasteiger partial charge in [0.25, 0.3) is 0 Å². The fourth-order valence-corrected chi connectivity index (χ4v) is 5.18. The first-order chi connectivity index (χ1) is 18.6. The number of aryl methyl sites for hydroxylation is 1. The Bertz CT molecular complexity index is 1910. The lowest BCUT2D eigenvalue weighted by Crippen LogP contribution is -2.17. The summed E-state index contributed by atoms with van der Waals surface area (Å²) >= 11 is 7.45. The monoisotopic (exact) mass is 537 g/mol. The van der Waals surface area contributed by atoms with Crippen molar-refractivity contribution in [1.82, 2.24) is 9.72 Å². The summed E-state index contributed by atoms with van der Waals surface area (Å²) in [6.45, 7) is 1.86. The molecule has 0 radical (unpaired) electrons. The van der Waals surface area contributed by atoms with Crippen LogP contribution in [0.25, 0.3) is 40.1 Å². The molecule has 0 fully saturated rings. The normalized spacial score (nSPS) is 12.1. The van der Waals surface area contributed by atoms with E-state index in [2.05, 4.69) is 5.16 Å². The molecule has 6 nitrogen and oxygen atoms in total. The van der Waals surface area contributed by atoms with Gasteiger partial charge < -0.3 is 8.94 Å². The van der Waals surface area contributed by atoms with E-state index >= 15 is 0 Å². The van der Waals surface area contributed by atoms with Gasteiger partial charge >= 0.3 is 5.63 Å². The highest BCUT2D eigenvalue weighted by molar-refractivity contribution is 7.07. The maximum absolute atomic E-state index is 13.2. The zero-order valence-corrected chi connectivity index (χ0v) is 21.7. The van der Waals surface area contributed by atoms with Crippen molar-refractivity contribution in [2.75, 3.05) is 0 Å². The van der Waals surface area contributed by atoms with E-state index in [0.29, 0.717) is 43.8 Å². The van der Waals surface area contributed by atoms with Gasteiger partial charge in [0.2, 0.25) is 0 Å². The Morgan fingerprint density at radius 3 is 2.55 bits per heavy atom. The molecule has 3 aromatic carbocycles. The second kappa shape index (κ2) is 10.1. The summed E-state index contributed by atoms with van der Waals surface area (Å²) in [6.07, 6.45) is 3.77. The molecular formula is C30H20ClN3O3S. The summed E-state index contributed by atoms with van der Waals surface area (Å²) < 4.78 is 13.3. The minimum Gasteiger partial charge on any atom is -0.422 e. The molecule has 186 valence electrons. The molecule has 0 N–H and O–H groups in total. The number of hydrogen-bond acceptors (Lipinski definition) is 6. The summed E-state index contributed by atoms with van der Waals surface area (Å²) in [5, 5.41) is 7.64. The van der Waals surface area contributed by atoms with Gasteiger partial charge in [-0.05, 0) is 55.0 Å². The maximum atomic E-state index is 13.2. The molecule has 0 unspecified atom stereocenters. The van der Waals surface area contributed by atoms with Crippen LogP contribution in [-0.2, 0) is 0 Å². The van der Waals surface area contributed by atoms with Gasteiger partial charge in [-0.3, -0.25) is 4.57 Å². The van der Waals surface area contributed by atoms with Crippen LogP contribution in [0.2, 0.25) is 5.02 Å². The third-order valence-electron chi connectivity index (χ3n) is 5.98. The average Bonchev–Trinajstić information content (AvgIpc) is 3.50. The van der Waals surface area contributed by atoms with E-state index in [4.69, 9.17) is 25.5 Å². The van der Waals surface area contributed by atoms with Gasteiger partial charge in [0.1, 0.15) is 17.0 Å². The van der Waals surface area contributed by atoms with Gasteiger partial charge in [-0.2, -0.15) is 0 Å². The Morgan fingerprint density at radius 1 is 0.974 bits per heavy atom. The summed E-state index contributed by atoms with van der Waals surface area (Å²) in [5.74, 6) is 0.525. The minimum absolute atomic E-state index is 0.419. The van der Waals surface area contributed by atoms with E-state index in [9.17, 15) is 4.79 Å². The summed E-state index contributed by atoms with van der Waals surface area (Å²) in [6, 6.07) is 26.4. The van der Waals surface area contributed by atoms with Gasteiger partial charge in [0, 0.05) is 15.8 Å². The first kappa shape index (κ1) is 23.9. The number of aromatic nitrogens is 2. The Balaban J connectivity index is 1.58. The first-order valence-corrected chi connectivity index (χ1v) is 13.1. The molecule has 38 heavy (non-hydrogen) atoms. The smallest absolute Gasteiger partial charge is 0.345 e. The van der Waals surface area contributed by atoms with E-state index < -0.39 is 5.63 Å². The Morgan fingerprint density at radius 2 is 1.74 bits per heavy atom. The molecule has 0 saturated heterocycles. The van der Waals surface area contributed by atoms with Crippen LogP contribution in [0.15, 0.2) is 109 Å². The predicted octanol–water partition coefficient (Wildman–Crippen LogP) is 7.66. The number of thiazole rings is 1. The number of para-hydroxylation sites is 2. The van der Waals surface area contributed by atoms with Crippen molar-refractivity contribution in [1.29, 1.82) is 0 Å². The maximum Gasteiger partial charge on any atom is 0.345 e. The molecule has 0 amide bonds. The van der Waals surface area contributed by atoms with Crippen molar-refractivity contribution in [3.63, 3.8) is 0 Å². The Labute approximate surface area is 226 Å². The third kappa shape index (κ3) is 4.65. The van der Waals surface area contributed by atoms with Crippen LogP contribution < -0.4 is 10.4 Å². The number of benzene rings is 3. The summed E-state index contributed by atoms with van der Waals surface area (Å²) in [7, 11) is 0. The average molecular weight is 538 g/mol. The van der Waals surface area contributed by atoms with Gasteiger partial charge in [0.05, 0.1) is 16.9 Å². The molecule has 0 saturated carbocycles. The van der Waals surface area contributed by atoms with Crippen molar-refractivity contribution < 1.29 is 8.94 Å². The third-order valence-corrected chi connectivity index (χ3v) is 7.06. The van der Waals surface area contributed by atoms with Crippen molar-refractivity contribution in [2.45, 2.75) is 6.92 Å². The molecule has 6 rings (SSSR count). The van der Waals surface area contributed by atoms with Crippen molar-refractivity contribution in [3.8, 4) is 16.9 Å². The van der Waals surface area contributed by atoms with Crippen LogP contribution in [-0.4, -0.2) is 9.72 Å². The molecule has 0 aliphatic carbocycles. The second-order valence-electron chi connectivity index (χ2n) is 8.54. The minimum atomic E-state index is -0.436. The zero-order valence-electron chi connectivity index (χ0n) is 20.2. The highest BCUT2D eigenvalue weighted by Crippen LogP contribution is 2.29. The van der Waals surface area contributed by atoms with Crippen molar-refractivity contribution in [2.24, 2.45) is 4.99 Å². The van der Waals surface area contributed by atoms with Gasteiger partial charge in [-0.15, -0.1) is 11.3 Å².